The van der Waals surface area contributed by atoms with Gasteiger partial charge in [-0.05, 0) is 42.5 Å². The summed E-state index contributed by atoms with van der Waals surface area (Å²) in [6, 6.07) is 18.2. The average Bonchev–Trinajstić information content (AvgIpc) is 3.21. The highest BCUT2D eigenvalue weighted by Gasteiger charge is 2.10. The van der Waals surface area contributed by atoms with E-state index in [0.29, 0.717) is 5.76 Å². The fourth-order valence-corrected chi connectivity index (χ4v) is 2.46. The van der Waals surface area contributed by atoms with E-state index in [-0.39, 0.29) is 5.56 Å². The minimum atomic E-state index is -0.944. The number of nitrogens with zero attached hydrogens (tertiary/aromatic N) is 2. The van der Waals surface area contributed by atoms with Crippen LogP contribution in [0.1, 0.15) is 10.4 Å². The summed E-state index contributed by atoms with van der Waals surface area (Å²) < 4.78 is 7.49. The van der Waals surface area contributed by atoms with Gasteiger partial charge in [-0.2, -0.15) is 5.10 Å². The number of hydrogen-bond donors (Lipinski definition) is 1. The second-order valence-electron chi connectivity index (χ2n) is 5.15. The molecule has 0 bridgehead atoms. The topological polar surface area (TPSA) is 68.3 Å². The maximum atomic E-state index is 10.9. The summed E-state index contributed by atoms with van der Waals surface area (Å²) in [5, 5.41) is 14.5. The molecule has 0 radical (unpaired) electrons. The van der Waals surface area contributed by atoms with Crippen LogP contribution in [0.2, 0.25) is 0 Å². The summed E-state index contributed by atoms with van der Waals surface area (Å²) in [6.07, 6.45) is 1.82. The predicted molar refractivity (Wildman–Crippen MR) is 85.7 cm³/mol. The van der Waals surface area contributed by atoms with Gasteiger partial charge in [0.05, 0.1) is 11.3 Å². The molecule has 0 saturated heterocycles. The lowest BCUT2D eigenvalue weighted by atomic mass is 10.2. The molecule has 5 nitrogen and oxygen atoms in total. The van der Waals surface area contributed by atoms with Crippen LogP contribution in [-0.2, 0) is 0 Å². The Bertz CT molecular complexity index is 963. The second-order valence-corrected chi connectivity index (χ2v) is 5.15. The summed E-state index contributed by atoms with van der Waals surface area (Å²) in [5.74, 6) is -0.243. The van der Waals surface area contributed by atoms with Crippen LogP contribution in [0.5, 0.6) is 0 Å². The van der Waals surface area contributed by atoms with Gasteiger partial charge in [0.25, 0.3) is 0 Å². The predicted octanol–water partition coefficient (Wildman–Crippen LogP) is 3.98. The molecule has 2 aromatic heterocycles. The Morgan fingerprint density at radius 1 is 1.04 bits per heavy atom. The molecule has 23 heavy (non-hydrogen) atoms. The quantitative estimate of drug-likeness (QED) is 0.621. The van der Waals surface area contributed by atoms with Crippen molar-refractivity contribution in [2.24, 2.45) is 0 Å². The monoisotopic (exact) mass is 304 g/mol. The van der Waals surface area contributed by atoms with Gasteiger partial charge in [0.2, 0.25) is 0 Å². The highest BCUT2D eigenvalue weighted by Crippen LogP contribution is 2.26. The van der Waals surface area contributed by atoms with E-state index in [1.54, 1.807) is 28.9 Å². The van der Waals surface area contributed by atoms with Gasteiger partial charge in [-0.15, -0.1) is 0 Å². The number of rotatable bonds is 3. The maximum Gasteiger partial charge on any atom is 0.335 e. The number of aromatic carboxylic acids is 1. The molecule has 4 rings (SSSR count). The lowest BCUT2D eigenvalue weighted by Crippen LogP contribution is -1.98. The zero-order valence-corrected chi connectivity index (χ0v) is 12.0. The lowest BCUT2D eigenvalue weighted by molar-refractivity contribution is 0.0697. The largest absolute Gasteiger partial charge is 0.478 e. The minimum Gasteiger partial charge on any atom is -0.478 e. The summed E-state index contributed by atoms with van der Waals surface area (Å²) in [7, 11) is 0. The number of benzene rings is 2. The first kappa shape index (κ1) is 13.3. The number of carboxylic acids is 1. The van der Waals surface area contributed by atoms with Crippen LogP contribution in [0.15, 0.2) is 71.3 Å². The minimum absolute atomic E-state index is 0.249. The summed E-state index contributed by atoms with van der Waals surface area (Å²) >= 11 is 0. The zero-order chi connectivity index (χ0) is 15.8. The Morgan fingerprint density at radius 2 is 1.83 bits per heavy atom. The maximum absolute atomic E-state index is 10.9. The van der Waals surface area contributed by atoms with Crippen molar-refractivity contribution >= 4 is 16.9 Å². The molecular weight excluding hydrogens is 292 g/mol. The van der Waals surface area contributed by atoms with Crippen molar-refractivity contribution < 1.29 is 14.3 Å². The molecule has 2 aromatic carbocycles. The van der Waals surface area contributed by atoms with Crippen molar-refractivity contribution in [3.8, 4) is 17.1 Å². The van der Waals surface area contributed by atoms with Gasteiger partial charge in [-0.1, -0.05) is 18.2 Å². The molecule has 112 valence electrons. The smallest absolute Gasteiger partial charge is 0.335 e. The average molecular weight is 304 g/mol. The molecule has 1 N–H and O–H groups in total. The Hall–Kier alpha value is -3.34. The standard InChI is InChI=1S/C18H12N2O3/c21-18(22)12-5-7-14(8-6-12)20-10-9-15(19-20)17-11-13-3-1-2-4-16(13)23-17/h1-11H,(H,21,22). The molecule has 0 amide bonds. The normalized spacial score (nSPS) is 11.0. The van der Waals surface area contributed by atoms with E-state index in [4.69, 9.17) is 9.52 Å². The summed E-state index contributed by atoms with van der Waals surface area (Å²) in [6.45, 7) is 0. The van der Waals surface area contributed by atoms with E-state index in [0.717, 1.165) is 22.4 Å². The number of carbonyl (C=O) groups is 1. The fraction of sp³-hybridized carbons (Fsp3) is 0. The third-order valence-corrected chi connectivity index (χ3v) is 3.65. The number of aromatic nitrogens is 2. The number of carboxylic acid groups (broad SMARTS) is 1. The number of fused-ring (bicyclic) bond motifs is 1. The van der Waals surface area contributed by atoms with Crippen LogP contribution in [0, 0.1) is 0 Å². The van der Waals surface area contributed by atoms with Crippen molar-refractivity contribution in [2.45, 2.75) is 0 Å². The fourth-order valence-electron chi connectivity index (χ4n) is 2.46. The van der Waals surface area contributed by atoms with E-state index in [9.17, 15) is 4.79 Å². The van der Waals surface area contributed by atoms with Crippen LogP contribution in [0.4, 0.5) is 0 Å². The third kappa shape index (κ3) is 2.38. The molecule has 0 aliphatic carbocycles. The van der Waals surface area contributed by atoms with Crippen LogP contribution in [-0.4, -0.2) is 20.9 Å². The Balaban J connectivity index is 1.69. The van der Waals surface area contributed by atoms with Gasteiger partial charge < -0.3 is 9.52 Å². The van der Waals surface area contributed by atoms with Gasteiger partial charge in [0.15, 0.2) is 5.76 Å². The van der Waals surface area contributed by atoms with Gasteiger partial charge >= 0.3 is 5.97 Å². The number of hydrogen-bond acceptors (Lipinski definition) is 3. The molecule has 0 fully saturated rings. The first-order valence-corrected chi connectivity index (χ1v) is 7.09. The summed E-state index contributed by atoms with van der Waals surface area (Å²) in [5.41, 5.74) is 2.59. The Labute approximate surface area is 131 Å². The summed E-state index contributed by atoms with van der Waals surface area (Å²) in [4.78, 5) is 10.9. The van der Waals surface area contributed by atoms with Crippen molar-refractivity contribution in [3.63, 3.8) is 0 Å². The SMILES string of the molecule is O=C(O)c1ccc(-n2ccc(-c3cc4ccccc4o3)n2)cc1. The van der Waals surface area contributed by atoms with Crippen LogP contribution >= 0.6 is 0 Å². The Kier molecular flexibility index (Phi) is 2.98. The molecule has 5 heteroatoms. The van der Waals surface area contributed by atoms with Crippen molar-refractivity contribution in [2.75, 3.05) is 0 Å². The molecule has 2 heterocycles. The number of furan rings is 1. The van der Waals surface area contributed by atoms with Gasteiger partial charge in [0.1, 0.15) is 11.3 Å². The van der Waals surface area contributed by atoms with Crippen molar-refractivity contribution in [1.82, 2.24) is 9.78 Å². The Morgan fingerprint density at radius 3 is 2.57 bits per heavy atom. The first-order valence-electron chi connectivity index (χ1n) is 7.09. The van der Waals surface area contributed by atoms with Crippen LogP contribution in [0.25, 0.3) is 28.1 Å². The third-order valence-electron chi connectivity index (χ3n) is 3.65. The van der Waals surface area contributed by atoms with Crippen molar-refractivity contribution in [1.29, 1.82) is 0 Å². The van der Waals surface area contributed by atoms with Crippen LogP contribution < -0.4 is 0 Å². The zero-order valence-electron chi connectivity index (χ0n) is 12.0. The first-order chi connectivity index (χ1) is 11.2. The van der Waals surface area contributed by atoms with E-state index < -0.39 is 5.97 Å². The molecule has 0 aliphatic rings. The van der Waals surface area contributed by atoms with Gasteiger partial charge in [-0.25, -0.2) is 9.48 Å². The molecular formula is C18H12N2O3. The second kappa shape index (κ2) is 5.14. The lowest BCUT2D eigenvalue weighted by Gasteiger charge is -2.01. The van der Waals surface area contributed by atoms with E-state index in [1.807, 2.05) is 42.6 Å². The van der Waals surface area contributed by atoms with E-state index >= 15 is 0 Å². The molecule has 0 aliphatic heterocycles. The van der Waals surface area contributed by atoms with E-state index in [2.05, 4.69) is 5.10 Å². The molecule has 0 saturated carbocycles. The molecule has 0 unspecified atom stereocenters. The van der Waals surface area contributed by atoms with Gasteiger partial charge in [0, 0.05) is 11.6 Å². The molecule has 4 aromatic rings. The van der Waals surface area contributed by atoms with Gasteiger partial charge in [-0.3, -0.25) is 0 Å². The molecule has 0 atom stereocenters. The molecule has 0 spiro atoms. The number of para-hydroxylation sites is 1. The van der Waals surface area contributed by atoms with Crippen LogP contribution in [0.3, 0.4) is 0 Å². The van der Waals surface area contributed by atoms with E-state index in [1.165, 1.54) is 0 Å². The highest BCUT2D eigenvalue weighted by molar-refractivity contribution is 5.87. The highest BCUT2D eigenvalue weighted by atomic mass is 16.4. The van der Waals surface area contributed by atoms with Crippen molar-refractivity contribution in [3.05, 3.63) is 72.4 Å².